The van der Waals surface area contributed by atoms with Crippen molar-refractivity contribution in [3.8, 4) is 0 Å². The topological polar surface area (TPSA) is 88.0 Å². The van der Waals surface area contributed by atoms with Gasteiger partial charge >= 0.3 is 0 Å². The number of nitro benzene ring substituents is 1. The van der Waals surface area contributed by atoms with Gasteiger partial charge in [-0.3, -0.25) is 14.9 Å². The Morgan fingerprint density at radius 1 is 1.45 bits per heavy atom. The van der Waals surface area contributed by atoms with E-state index in [-0.39, 0.29) is 28.4 Å². The van der Waals surface area contributed by atoms with Crippen LogP contribution in [0, 0.1) is 16.0 Å². The molecule has 1 amide bonds. The molecule has 2 unspecified atom stereocenters. The van der Waals surface area contributed by atoms with Crippen LogP contribution in [-0.2, 0) is 4.79 Å². The number of hydrogen-bond acceptors (Lipinski definition) is 3. The average Bonchev–Trinajstić information content (AvgIpc) is 3.13. The number of carbonyl (C=O) groups excluding carboxylic acids is 1. The predicted molar refractivity (Wildman–Crippen MR) is 83.7 cm³/mol. The summed E-state index contributed by atoms with van der Waals surface area (Å²) in [6.07, 6.45) is 4.55. The number of aromatic amines is 1. The first kappa shape index (κ1) is 14.6. The van der Waals surface area contributed by atoms with Gasteiger partial charge in [-0.1, -0.05) is 0 Å². The summed E-state index contributed by atoms with van der Waals surface area (Å²) in [5, 5.41) is 14.7. The van der Waals surface area contributed by atoms with E-state index in [1.165, 1.54) is 6.07 Å². The molecule has 3 rings (SSSR count). The second-order valence-electron chi connectivity index (χ2n) is 5.83. The van der Waals surface area contributed by atoms with E-state index in [1.807, 2.05) is 13.1 Å². The van der Waals surface area contributed by atoms with Gasteiger partial charge in [0.15, 0.2) is 0 Å². The van der Waals surface area contributed by atoms with Crippen molar-refractivity contribution in [3.63, 3.8) is 0 Å². The minimum atomic E-state index is -0.373. The molecule has 1 aliphatic carbocycles. The van der Waals surface area contributed by atoms with Crippen LogP contribution < -0.4 is 5.32 Å². The Morgan fingerprint density at radius 3 is 3.00 bits per heavy atom. The highest BCUT2D eigenvalue weighted by molar-refractivity contribution is 5.86. The molecule has 2 aromatic rings. The Hall–Kier alpha value is -2.37. The van der Waals surface area contributed by atoms with Crippen molar-refractivity contribution in [3.05, 3.63) is 40.1 Å². The van der Waals surface area contributed by atoms with Crippen LogP contribution in [0.25, 0.3) is 10.9 Å². The monoisotopic (exact) mass is 301 g/mol. The van der Waals surface area contributed by atoms with Gasteiger partial charge < -0.3 is 10.3 Å². The Morgan fingerprint density at radius 2 is 2.27 bits per heavy atom. The molecule has 0 radical (unpaired) electrons. The number of fused-ring (bicyclic) bond motifs is 1. The molecule has 116 valence electrons. The van der Waals surface area contributed by atoms with E-state index >= 15 is 0 Å². The number of rotatable bonds is 4. The first-order chi connectivity index (χ1) is 10.6. The van der Waals surface area contributed by atoms with Gasteiger partial charge in [-0.25, -0.2) is 0 Å². The largest absolute Gasteiger partial charge is 0.361 e. The van der Waals surface area contributed by atoms with E-state index in [1.54, 1.807) is 12.1 Å². The lowest BCUT2D eigenvalue weighted by Gasteiger charge is -2.10. The van der Waals surface area contributed by atoms with Crippen molar-refractivity contribution >= 4 is 22.5 Å². The Kier molecular flexibility index (Phi) is 3.83. The fraction of sp³-hybridized carbons (Fsp3) is 0.438. The van der Waals surface area contributed by atoms with E-state index < -0.39 is 0 Å². The molecule has 0 bridgehead atoms. The van der Waals surface area contributed by atoms with Crippen LogP contribution in [0.5, 0.6) is 0 Å². The van der Waals surface area contributed by atoms with Gasteiger partial charge in [0.2, 0.25) is 5.91 Å². The SMILES string of the molecule is CCNC(=O)C1CCC(c2c[nH]c3ccc([N+](=O)[O-])cc23)C1. The highest BCUT2D eigenvalue weighted by Crippen LogP contribution is 2.41. The summed E-state index contributed by atoms with van der Waals surface area (Å²) in [6, 6.07) is 4.88. The van der Waals surface area contributed by atoms with Crippen LogP contribution in [-0.4, -0.2) is 22.4 Å². The molecule has 1 aromatic carbocycles. The Bertz CT molecular complexity index is 722. The molecule has 2 N–H and O–H groups in total. The fourth-order valence-corrected chi connectivity index (χ4v) is 3.40. The van der Waals surface area contributed by atoms with Gasteiger partial charge in [-0.05, 0) is 43.7 Å². The standard InChI is InChI=1S/C16H19N3O3/c1-2-17-16(20)11-4-3-10(7-11)14-9-18-15-6-5-12(19(21)22)8-13(14)15/h5-6,8-11,18H,2-4,7H2,1H3,(H,17,20). The minimum absolute atomic E-state index is 0.0496. The van der Waals surface area contributed by atoms with Crippen LogP contribution in [0.15, 0.2) is 24.4 Å². The molecular weight excluding hydrogens is 282 g/mol. The lowest BCUT2D eigenvalue weighted by atomic mass is 9.95. The molecule has 1 saturated carbocycles. The first-order valence-corrected chi connectivity index (χ1v) is 7.63. The molecule has 22 heavy (non-hydrogen) atoms. The average molecular weight is 301 g/mol. The lowest BCUT2D eigenvalue weighted by molar-refractivity contribution is -0.384. The summed E-state index contributed by atoms with van der Waals surface area (Å²) in [6.45, 7) is 2.57. The third-order valence-electron chi connectivity index (χ3n) is 4.50. The molecule has 0 saturated heterocycles. The first-order valence-electron chi connectivity index (χ1n) is 7.63. The van der Waals surface area contributed by atoms with E-state index in [2.05, 4.69) is 10.3 Å². The van der Waals surface area contributed by atoms with E-state index in [9.17, 15) is 14.9 Å². The maximum atomic E-state index is 12.0. The number of nitrogens with one attached hydrogen (secondary N) is 2. The van der Waals surface area contributed by atoms with E-state index in [4.69, 9.17) is 0 Å². The van der Waals surface area contributed by atoms with Crippen molar-refractivity contribution in [1.82, 2.24) is 10.3 Å². The summed E-state index contributed by atoms with van der Waals surface area (Å²) in [5.41, 5.74) is 2.10. The summed E-state index contributed by atoms with van der Waals surface area (Å²) in [4.78, 5) is 25.7. The molecule has 1 aliphatic rings. The van der Waals surface area contributed by atoms with Gasteiger partial charge in [0.25, 0.3) is 5.69 Å². The third-order valence-corrected chi connectivity index (χ3v) is 4.50. The number of amides is 1. The van der Waals surface area contributed by atoms with E-state index in [0.717, 1.165) is 35.7 Å². The molecule has 2 atom stereocenters. The number of nitro groups is 1. The zero-order valence-corrected chi connectivity index (χ0v) is 12.5. The second-order valence-corrected chi connectivity index (χ2v) is 5.83. The third kappa shape index (κ3) is 2.56. The summed E-state index contributed by atoms with van der Waals surface area (Å²) >= 11 is 0. The summed E-state index contributed by atoms with van der Waals surface area (Å²) in [7, 11) is 0. The molecule has 6 heteroatoms. The maximum absolute atomic E-state index is 12.0. The molecule has 0 spiro atoms. The second kappa shape index (κ2) is 5.79. The summed E-state index contributed by atoms with van der Waals surface area (Å²) in [5.74, 6) is 0.452. The molecule has 1 aromatic heterocycles. The highest BCUT2D eigenvalue weighted by Gasteiger charge is 2.31. The zero-order chi connectivity index (χ0) is 15.7. The highest BCUT2D eigenvalue weighted by atomic mass is 16.6. The van der Waals surface area contributed by atoms with Gasteiger partial charge in [0, 0.05) is 41.7 Å². The van der Waals surface area contributed by atoms with Crippen LogP contribution in [0.1, 0.15) is 37.7 Å². The van der Waals surface area contributed by atoms with Gasteiger partial charge in [0.05, 0.1) is 4.92 Å². The van der Waals surface area contributed by atoms with Gasteiger partial charge in [-0.15, -0.1) is 0 Å². The molecule has 6 nitrogen and oxygen atoms in total. The van der Waals surface area contributed by atoms with Crippen LogP contribution >= 0.6 is 0 Å². The summed E-state index contributed by atoms with van der Waals surface area (Å²) < 4.78 is 0. The molecule has 1 heterocycles. The molecule has 0 aliphatic heterocycles. The predicted octanol–water partition coefficient (Wildman–Crippen LogP) is 3.10. The quantitative estimate of drug-likeness (QED) is 0.672. The van der Waals surface area contributed by atoms with Crippen LogP contribution in [0.4, 0.5) is 5.69 Å². The molecule has 1 fully saturated rings. The molecular formula is C16H19N3O3. The zero-order valence-electron chi connectivity index (χ0n) is 12.5. The lowest BCUT2D eigenvalue weighted by Crippen LogP contribution is -2.28. The smallest absolute Gasteiger partial charge is 0.270 e. The van der Waals surface area contributed by atoms with Crippen LogP contribution in [0.3, 0.4) is 0 Å². The number of aromatic nitrogens is 1. The van der Waals surface area contributed by atoms with Gasteiger partial charge in [-0.2, -0.15) is 0 Å². The van der Waals surface area contributed by atoms with Gasteiger partial charge in [0.1, 0.15) is 0 Å². The number of nitrogens with zero attached hydrogens (tertiary/aromatic N) is 1. The normalized spacial score (nSPS) is 21.1. The minimum Gasteiger partial charge on any atom is -0.361 e. The number of carbonyl (C=O) groups is 1. The maximum Gasteiger partial charge on any atom is 0.270 e. The Balaban J connectivity index is 1.86. The number of H-pyrrole nitrogens is 1. The van der Waals surface area contributed by atoms with Crippen molar-refractivity contribution < 1.29 is 9.72 Å². The van der Waals surface area contributed by atoms with Crippen LogP contribution in [0.2, 0.25) is 0 Å². The van der Waals surface area contributed by atoms with Crippen molar-refractivity contribution in [1.29, 1.82) is 0 Å². The Labute approximate surface area is 128 Å². The van der Waals surface area contributed by atoms with Crippen molar-refractivity contribution in [2.24, 2.45) is 5.92 Å². The van der Waals surface area contributed by atoms with Crippen molar-refractivity contribution in [2.45, 2.75) is 32.1 Å². The van der Waals surface area contributed by atoms with Crippen molar-refractivity contribution in [2.75, 3.05) is 6.54 Å². The number of hydrogen-bond donors (Lipinski definition) is 2. The number of non-ortho nitro benzene ring substituents is 1. The van der Waals surface area contributed by atoms with E-state index in [0.29, 0.717) is 6.54 Å². The number of benzene rings is 1. The fourth-order valence-electron chi connectivity index (χ4n) is 3.40.